The number of carbonyl (C=O) groups excluding carboxylic acids is 2. The second-order valence-corrected chi connectivity index (χ2v) is 6.63. The molecule has 0 aromatic heterocycles. The van der Waals surface area contributed by atoms with E-state index in [9.17, 15) is 14.0 Å². The molecule has 1 aliphatic rings. The van der Waals surface area contributed by atoms with E-state index in [1.807, 2.05) is 0 Å². The lowest BCUT2D eigenvalue weighted by Gasteiger charge is -2.27. The molecule has 1 aromatic rings. The van der Waals surface area contributed by atoms with Crippen molar-refractivity contribution in [2.24, 2.45) is 0 Å². The molecule has 0 spiro atoms. The number of halogens is 1. The fourth-order valence-corrected chi connectivity index (χ4v) is 3.28. The van der Waals surface area contributed by atoms with E-state index in [1.54, 1.807) is 29.2 Å². The van der Waals surface area contributed by atoms with Crippen molar-refractivity contribution in [3.8, 4) is 0 Å². The maximum atomic E-state index is 13.8. The number of hydrogen-bond acceptors (Lipinski definition) is 4. The van der Waals surface area contributed by atoms with Gasteiger partial charge < -0.3 is 14.5 Å². The Labute approximate surface area is 151 Å². The second kappa shape index (κ2) is 10.2. The Balaban J connectivity index is 1.82. The van der Waals surface area contributed by atoms with Gasteiger partial charge in [-0.05, 0) is 6.07 Å². The molecule has 5 nitrogen and oxygen atoms in total. The van der Waals surface area contributed by atoms with Gasteiger partial charge in [0, 0.05) is 31.7 Å². The first-order valence-electron chi connectivity index (χ1n) is 8.17. The number of rotatable bonds is 8. The Bertz CT molecular complexity index is 606. The van der Waals surface area contributed by atoms with E-state index < -0.39 is 0 Å². The van der Waals surface area contributed by atoms with Gasteiger partial charge in [-0.25, -0.2) is 4.39 Å². The minimum atomic E-state index is -0.334. The average Bonchev–Trinajstić information content (AvgIpc) is 2.63. The Morgan fingerprint density at radius 1 is 1.28 bits per heavy atom. The molecule has 0 aliphatic carbocycles. The zero-order chi connectivity index (χ0) is 18.1. The van der Waals surface area contributed by atoms with Crippen LogP contribution in [0.2, 0.25) is 0 Å². The van der Waals surface area contributed by atoms with Gasteiger partial charge in [-0.1, -0.05) is 24.3 Å². The molecule has 2 rings (SSSR count). The smallest absolute Gasteiger partial charge is 0.233 e. The van der Waals surface area contributed by atoms with E-state index in [0.717, 1.165) is 0 Å². The third-order valence-electron chi connectivity index (χ3n) is 3.84. The van der Waals surface area contributed by atoms with Crippen LogP contribution in [-0.4, -0.2) is 66.0 Å². The molecule has 1 aromatic carbocycles. The first-order chi connectivity index (χ1) is 12.1. The molecule has 1 heterocycles. The van der Waals surface area contributed by atoms with Gasteiger partial charge in [0.15, 0.2) is 0 Å². The average molecular weight is 366 g/mol. The highest BCUT2D eigenvalue weighted by atomic mass is 32.2. The Morgan fingerprint density at radius 3 is 2.68 bits per heavy atom. The highest BCUT2D eigenvalue weighted by molar-refractivity contribution is 8.00. The van der Waals surface area contributed by atoms with E-state index >= 15 is 0 Å². The predicted octanol–water partition coefficient (Wildman–Crippen LogP) is 1.93. The lowest BCUT2D eigenvalue weighted by molar-refractivity contribution is -0.132. The zero-order valence-electron chi connectivity index (χ0n) is 14.2. The maximum absolute atomic E-state index is 13.8. The summed E-state index contributed by atoms with van der Waals surface area (Å²) < 4.78 is 19.0. The van der Waals surface area contributed by atoms with Crippen LogP contribution in [0.25, 0.3) is 0 Å². The van der Waals surface area contributed by atoms with E-state index in [-0.39, 0.29) is 35.7 Å². The van der Waals surface area contributed by atoms with Crippen LogP contribution >= 0.6 is 11.8 Å². The molecule has 0 N–H and O–H groups in total. The minimum absolute atomic E-state index is 0.0190. The van der Waals surface area contributed by atoms with Crippen molar-refractivity contribution in [3.05, 3.63) is 48.3 Å². The molecule has 25 heavy (non-hydrogen) atoms. The molecule has 0 bridgehead atoms. The zero-order valence-corrected chi connectivity index (χ0v) is 15.0. The highest BCUT2D eigenvalue weighted by Crippen LogP contribution is 2.12. The van der Waals surface area contributed by atoms with Crippen LogP contribution in [0.4, 0.5) is 4.39 Å². The van der Waals surface area contributed by atoms with Crippen molar-refractivity contribution in [2.45, 2.75) is 6.54 Å². The van der Waals surface area contributed by atoms with Crippen LogP contribution in [0.1, 0.15) is 5.56 Å². The third kappa shape index (κ3) is 6.17. The van der Waals surface area contributed by atoms with Crippen LogP contribution in [0, 0.1) is 5.82 Å². The Kier molecular flexibility index (Phi) is 7.94. The quantitative estimate of drug-likeness (QED) is 0.660. The minimum Gasteiger partial charge on any atom is -0.378 e. The van der Waals surface area contributed by atoms with Crippen molar-refractivity contribution >= 4 is 23.6 Å². The Morgan fingerprint density at radius 2 is 2.00 bits per heavy atom. The lowest BCUT2D eigenvalue weighted by atomic mass is 10.2. The van der Waals surface area contributed by atoms with Gasteiger partial charge in [0.25, 0.3) is 0 Å². The van der Waals surface area contributed by atoms with Crippen molar-refractivity contribution in [3.63, 3.8) is 0 Å². The molecule has 1 saturated heterocycles. The SMILES string of the molecule is C=CCN(Cc1ccccc1F)C(=O)CSCC(=O)N1CCOCC1. The fourth-order valence-electron chi connectivity index (χ4n) is 2.46. The lowest BCUT2D eigenvalue weighted by Crippen LogP contribution is -2.41. The molecule has 7 heteroatoms. The number of thioether (sulfide) groups is 1. The van der Waals surface area contributed by atoms with Gasteiger partial charge in [0.2, 0.25) is 11.8 Å². The van der Waals surface area contributed by atoms with E-state index in [2.05, 4.69) is 6.58 Å². The second-order valence-electron chi connectivity index (χ2n) is 5.64. The summed E-state index contributed by atoms with van der Waals surface area (Å²) in [5.41, 5.74) is 0.465. The van der Waals surface area contributed by atoms with E-state index in [4.69, 9.17) is 4.74 Å². The molecular formula is C18H23FN2O3S. The summed E-state index contributed by atoms with van der Waals surface area (Å²) in [5, 5.41) is 0. The Hall–Kier alpha value is -1.86. The molecule has 0 saturated carbocycles. The monoisotopic (exact) mass is 366 g/mol. The highest BCUT2D eigenvalue weighted by Gasteiger charge is 2.19. The van der Waals surface area contributed by atoms with Crippen molar-refractivity contribution in [1.82, 2.24) is 9.80 Å². The number of morpholine rings is 1. The van der Waals surface area contributed by atoms with Gasteiger partial charge in [-0.3, -0.25) is 9.59 Å². The fraction of sp³-hybridized carbons (Fsp3) is 0.444. The summed E-state index contributed by atoms with van der Waals surface area (Å²) in [4.78, 5) is 27.8. The largest absolute Gasteiger partial charge is 0.378 e. The number of benzene rings is 1. The van der Waals surface area contributed by atoms with E-state index in [0.29, 0.717) is 38.4 Å². The molecular weight excluding hydrogens is 343 g/mol. The van der Waals surface area contributed by atoms with Gasteiger partial charge in [-0.15, -0.1) is 18.3 Å². The van der Waals surface area contributed by atoms with Gasteiger partial charge in [-0.2, -0.15) is 0 Å². The molecule has 2 amide bonds. The summed E-state index contributed by atoms with van der Waals surface area (Å²) in [5.74, 6) is -0.0148. The molecule has 0 radical (unpaired) electrons. The molecule has 1 aliphatic heterocycles. The maximum Gasteiger partial charge on any atom is 0.233 e. The van der Waals surface area contributed by atoms with Gasteiger partial charge >= 0.3 is 0 Å². The summed E-state index contributed by atoms with van der Waals surface area (Å²) in [6.07, 6.45) is 1.61. The number of hydrogen-bond donors (Lipinski definition) is 0. The first-order valence-corrected chi connectivity index (χ1v) is 9.32. The van der Waals surface area contributed by atoms with Crippen LogP contribution in [0.5, 0.6) is 0 Å². The standard InChI is InChI=1S/C18H23FN2O3S/c1-2-7-21(12-15-5-3-4-6-16(15)19)18(23)14-25-13-17(22)20-8-10-24-11-9-20/h2-6H,1,7-14H2. The van der Waals surface area contributed by atoms with Crippen LogP contribution in [0.3, 0.4) is 0 Å². The normalized spacial score (nSPS) is 14.2. The van der Waals surface area contributed by atoms with Gasteiger partial charge in [0.1, 0.15) is 5.82 Å². The first kappa shape index (κ1) is 19.5. The third-order valence-corrected chi connectivity index (χ3v) is 4.74. The van der Waals surface area contributed by atoms with Gasteiger partial charge in [0.05, 0.1) is 24.7 Å². The topological polar surface area (TPSA) is 49.9 Å². The number of amides is 2. The molecule has 136 valence electrons. The van der Waals surface area contributed by atoms with Crippen molar-refractivity contribution < 1.29 is 18.7 Å². The van der Waals surface area contributed by atoms with Crippen LogP contribution in [-0.2, 0) is 20.9 Å². The summed E-state index contributed by atoms with van der Waals surface area (Å²) in [7, 11) is 0. The van der Waals surface area contributed by atoms with E-state index in [1.165, 1.54) is 22.7 Å². The number of carbonyl (C=O) groups is 2. The molecule has 0 unspecified atom stereocenters. The molecule has 1 fully saturated rings. The number of nitrogens with zero attached hydrogens (tertiary/aromatic N) is 2. The summed E-state index contributed by atoms with van der Waals surface area (Å²) >= 11 is 1.28. The van der Waals surface area contributed by atoms with Crippen LogP contribution in [0.15, 0.2) is 36.9 Å². The summed E-state index contributed by atoms with van der Waals surface area (Å²) in [6, 6.07) is 6.39. The van der Waals surface area contributed by atoms with Crippen molar-refractivity contribution in [1.29, 1.82) is 0 Å². The predicted molar refractivity (Wildman–Crippen MR) is 96.7 cm³/mol. The summed E-state index contributed by atoms with van der Waals surface area (Å²) in [6.45, 7) is 6.50. The van der Waals surface area contributed by atoms with Crippen LogP contribution < -0.4 is 0 Å². The number of ether oxygens (including phenoxy) is 1. The van der Waals surface area contributed by atoms with Crippen molar-refractivity contribution in [2.75, 3.05) is 44.4 Å². The molecule has 0 atom stereocenters.